The van der Waals surface area contributed by atoms with E-state index in [-0.39, 0.29) is 5.84 Å². The van der Waals surface area contributed by atoms with Gasteiger partial charge in [0.15, 0.2) is 5.84 Å². The van der Waals surface area contributed by atoms with Crippen LogP contribution in [0.2, 0.25) is 0 Å². The van der Waals surface area contributed by atoms with Gasteiger partial charge in [-0.2, -0.15) is 0 Å². The van der Waals surface area contributed by atoms with E-state index in [1.54, 1.807) is 0 Å². The zero-order valence-corrected chi connectivity index (χ0v) is 13.7. The van der Waals surface area contributed by atoms with Gasteiger partial charge in [0.2, 0.25) is 0 Å². The first-order valence-electron chi connectivity index (χ1n) is 7.81. The monoisotopic (exact) mass is 306 g/mol. The number of ether oxygens (including phenoxy) is 1. The number of carbonyl (C=O) groups is 1. The number of hydrogen-bond donors (Lipinski definition) is 1. The van der Waals surface area contributed by atoms with Crippen molar-refractivity contribution in [3.8, 4) is 0 Å². The van der Waals surface area contributed by atoms with Crippen LogP contribution in [0, 0.1) is 12.8 Å². The van der Waals surface area contributed by atoms with E-state index in [4.69, 9.17) is 10.5 Å². The lowest BCUT2D eigenvalue weighted by Gasteiger charge is -2.13. The third kappa shape index (κ3) is 6.61. The molecule has 0 radical (unpaired) electrons. The molecule has 1 unspecified atom stereocenters. The molecule has 1 rings (SSSR count). The molecular formula is C17H26N2O3. The van der Waals surface area contributed by atoms with Crippen molar-refractivity contribution in [1.82, 2.24) is 0 Å². The molecule has 122 valence electrons. The maximum atomic E-state index is 11.5. The average molecular weight is 306 g/mol. The van der Waals surface area contributed by atoms with Gasteiger partial charge in [0.05, 0.1) is 6.61 Å². The molecule has 1 aromatic rings. The number of aryl methyl sites for hydroxylation is 1. The second-order valence-corrected chi connectivity index (χ2v) is 5.41. The standard InChI is InChI=1S/C17H26N2O3/c1-4-6-7-14(5-2)12-21-17(20)22-19-16(18)15-10-8-13(3)9-11-15/h8-11,14H,4-7,12H2,1-3H3,(H2,18,19). The molecule has 1 aromatic carbocycles. The number of amidine groups is 1. The minimum Gasteiger partial charge on any atom is -0.432 e. The predicted octanol–water partition coefficient (Wildman–Crippen LogP) is 3.98. The highest BCUT2D eigenvalue weighted by Crippen LogP contribution is 2.13. The molecule has 0 amide bonds. The summed E-state index contributed by atoms with van der Waals surface area (Å²) in [6.07, 6.45) is 3.48. The van der Waals surface area contributed by atoms with E-state index in [2.05, 4.69) is 23.8 Å². The number of rotatable bonds is 8. The highest BCUT2D eigenvalue weighted by atomic mass is 16.8. The van der Waals surface area contributed by atoms with Crippen molar-refractivity contribution in [2.45, 2.75) is 46.5 Å². The second-order valence-electron chi connectivity index (χ2n) is 5.41. The number of nitrogens with zero attached hydrogens (tertiary/aromatic N) is 1. The minimum absolute atomic E-state index is 0.148. The van der Waals surface area contributed by atoms with Crippen LogP contribution in [0.25, 0.3) is 0 Å². The molecule has 0 heterocycles. The summed E-state index contributed by atoms with van der Waals surface area (Å²) >= 11 is 0. The van der Waals surface area contributed by atoms with Crippen LogP contribution in [0.1, 0.15) is 50.7 Å². The normalized spacial score (nSPS) is 12.8. The van der Waals surface area contributed by atoms with Crippen LogP contribution in [0.3, 0.4) is 0 Å². The average Bonchev–Trinajstić information content (AvgIpc) is 2.53. The molecule has 0 spiro atoms. The third-order valence-corrected chi connectivity index (χ3v) is 3.55. The topological polar surface area (TPSA) is 73.9 Å². The van der Waals surface area contributed by atoms with Crippen LogP contribution in [0.4, 0.5) is 4.79 Å². The lowest BCUT2D eigenvalue weighted by atomic mass is 10.0. The van der Waals surface area contributed by atoms with E-state index < -0.39 is 6.16 Å². The van der Waals surface area contributed by atoms with Crippen molar-refractivity contribution < 1.29 is 14.4 Å². The van der Waals surface area contributed by atoms with Crippen molar-refractivity contribution in [3.63, 3.8) is 0 Å². The second kappa shape index (κ2) is 9.82. The molecule has 22 heavy (non-hydrogen) atoms. The highest BCUT2D eigenvalue weighted by molar-refractivity contribution is 5.97. The quantitative estimate of drug-likeness (QED) is 0.259. The van der Waals surface area contributed by atoms with Crippen molar-refractivity contribution >= 4 is 12.0 Å². The van der Waals surface area contributed by atoms with Gasteiger partial charge in [0, 0.05) is 5.56 Å². The van der Waals surface area contributed by atoms with Crippen LogP contribution in [0.15, 0.2) is 29.4 Å². The Labute approximate surface area is 132 Å². The molecule has 0 aliphatic heterocycles. The maximum Gasteiger partial charge on any atom is 0.535 e. The molecule has 0 bridgehead atoms. The third-order valence-electron chi connectivity index (χ3n) is 3.55. The number of unbranched alkanes of at least 4 members (excludes halogenated alkanes) is 1. The summed E-state index contributed by atoms with van der Waals surface area (Å²) in [4.78, 5) is 16.2. The summed E-state index contributed by atoms with van der Waals surface area (Å²) in [6.45, 7) is 6.57. The summed E-state index contributed by atoms with van der Waals surface area (Å²) < 4.78 is 5.07. The SMILES string of the molecule is CCCCC(CC)COC(=O)O/N=C(\N)c1ccc(C)cc1. The fraction of sp³-hybridized carbons (Fsp3) is 0.529. The minimum atomic E-state index is -0.815. The van der Waals surface area contributed by atoms with E-state index in [0.717, 1.165) is 31.2 Å². The molecule has 1 atom stereocenters. The summed E-state index contributed by atoms with van der Waals surface area (Å²) in [5.74, 6) is 0.515. The fourth-order valence-electron chi connectivity index (χ4n) is 1.97. The number of hydrogen-bond acceptors (Lipinski definition) is 4. The van der Waals surface area contributed by atoms with Gasteiger partial charge in [-0.3, -0.25) is 4.84 Å². The van der Waals surface area contributed by atoms with Gasteiger partial charge in [0.25, 0.3) is 0 Å². The first-order chi connectivity index (χ1) is 10.6. The Morgan fingerprint density at radius 1 is 1.27 bits per heavy atom. The summed E-state index contributed by atoms with van der Waals surface area (Å²) in [5.41, 5.74) is 7.58. The molecule has 0 saturated heterocycles. The Morgan fingerprint density at radius 2 is 1.95 bits per heavy atom. The molecule has 0 aliphatic carbocycles. The molecule has 5 nitrogen and oxygen atoms in total. The van der Waals surface area contributed by atoms with Crippen LogP contribution in [-0.4, -0.2) is 18.6 Å². The Morgan fingerprint density at radius 3 is 2.55 bits per heavy atom. The van der Waals surface area contributed by atoms with Crippen molar-refractivity contribution in [2.75, 3.05) is 6.61 Å². The van der Waals surface area contributed by atoms with Crippen molar-refractivity contribution in [3.05, 3.63) is 35.4 Å². The number of oxime groups is 1. The van der Waals surface area contributed by atoms with Gasteiger partial charge in [0.1, 0.15) is 0 Å². The summed E-state index contributed by atoms with van der Waals surface area (Å²) in [5, 5.41) is 3.61. The molecule has 0 saturated carbocycles. The van der Waals surface area contributed by atoms with E-state index in [9.17, 15) is 4.79 Å². The van der Waals surface area contributed by atoms with E-state index in [0.29, 0.717) is 18.1 Å². The van der Waals surface area contributed by atoms with Gasteiger partial charge in [-0.25, -0.2) is 4.79 Å². The smallest absolute Gasteiger partial charge is 0.432 e. The molecular weight excluding hydrogens is 280 g/mol. The van der Waals surface area contributed by atoms with Gasteiger partial charge in [-0.15, -0.1) is 0 Å². The Kier molecular flexibility index (Phi) is 8.04. The Hall–Kier alpha value is -2.04. The maximum absolute atomic E-state index is 11.5. The predicted molar refractivity (Wildman–Crippen MR) is 87.6 cm³/mol. The fourth-order valence-corrected chi connectivity index (χ4v) is 1.97. The number of carbonyl (C=O) groups excluding carboxylic acids is 1. The summed E-state index contributed by atoms with van der Waals surface area (Å²) in [6, 6.07) is 7.46. The van der Waals surface area contributed by atoms with Gasteiger partial charge >= 0.3 is 6.16 Å². The lowest BCUT2D eigenvalue weighted by Crippen LogP contribution is -2.17. The van der Waals surface area contributed by atoms with Crippen LogP contribution in [0.5, 0.6) is 0 Å². The van der Waals surface area contributed by atoms with E-state index in [1.165, 1.54) is 0 Å². The van der Waals surface area contributed by atoms with Gasteiger partial charge < -0.3 is 10.5 Å². The zero-order chi connectivity index (χ0) is 16.4. The van der Waals surface area contributed by atoms with Crippen LogP contribution >= 0.6 is 0 Å². The first kappa shape index (κ1) is 18.0. The van der Waals surface area contributed by atoms with Gasteiger partial charge in [-0.1, -0.05) is 68.1 Å². The van der Waals surface area contributed by atoms with Crippen molar-refractivity contribution in [2.24, 2.45) is 16.8 Å². The zero-order valence-electron chi connectivity index (χ0n) is 13.7. The molecule has 2 N–H and O–H groups in total. The van der Waals surface area contributed by atoms with Crippen molar-refractivity contribution in [1.29, 1.82) is 0 Å². The molecule has 5 heteroatoms. The summed E-state index contributed by atoms with van der Waals surface area (Å²) in [7, 11) is 0. The molecule has 0 aliphatic rings. The first-order valence-corrected chi connectivity index (χ1v) is 7.81. The molecule has 0 fully saturated rings. The number of benzene rings is 1. The van der Waals surface area contributed by atoms with Gasteiger partial charge in [-0.05, 0) is 19.3 Å². The Bertz CT molecular complexity index is 483. The highest BCUT2D eigenvalue weighted by Gasteiger charge is 2.11. The van der Waals surface area contributed by atoms with E-state index >= 15 is 0 Å². The number of nitrogens with two attached hydrogens (primary N) is 1. The molecule has 0 aromatic heterocycles. The van der Waals surface area contributed by atoms with E-state index in [1.807, 2.05) is 31.2 Å². The Balaban J connectivity index is 2.41. The van der Waals surface area contributed by atoms with Crippen LogP contribution in [-0.2, 0) is 9.57 Å². The largest absolute Gasteiger partial charge is 0.535 e. The lowest BCUT2D eigenvalue weighted by molar-refractivity contribution is 0.0443. The van der Waals surface area contributed by atoms with Crippen LogP contribution < -0.4 is 5.73 Å².